The minimum Gasteiger partial charge on any atom is -0.495 e. The van der Waals surface area contributed by atoms with Gasteiger partial charge in [-0.1, -0.05) is 11.6 Å². The fraction of sp³-hybridized carbons (Fsp3) is 0.143. The topological polar surface area (TPSA) is 60.5 Å². The van der Waals surface area contributed by atoms with Gasteiger partial charge >= 0.3 is 6.09 Å². The van der Waals surface area contributed by atoms with Crippen molar-refractivity contribution < 1.29 is 14.3 Å². The Morgan fingerprint density at radius 1 is 1.30 bits per heavy atom. The number of ether oxygens (including phenoxy) is 2. The Balaban J connectivity index is 1.96. The van der Waals surface area contributed by atoms with Gasteiger partial charge in [0, 0.05) is 17.4 Å². The fourth-order valence-electron chi connectivity index (χ4n) is 1.55. The van der Waals surface area contributed by atoms with Crippen molar-refractivity contribution in [1.82, 2.24) is 4.98 Å². The maximum atomic E-state index is 11.7. The van der Waals surface area contributed by atoms with Crippen molar-refractivity contribution in [2.24, 2.45) is 0 Å². The zero-order chi connectivity index (χ0) is 14.4. The quantitative estimate of drug-likeness (QED) is 0.937. The maximum absolute atomic E-state index is 11.7. The van der Waals surface area contributed by atoms with E-state index in [4.69, 9.17) is 21.1 Å². The molecule has 0 radical (unpaired) electrons. The SMILES string of the molecule is COc1ccc(Cl)cc1NC(=O)OCc1ccncc1. The van der Waals surface area contributed by atoms with Crippen molar-refractivity contribution in [2.75, 3.05) is 12.4 Å². The smallest absolute Gasteiger partial charge is 0.412 e. The number of aromatic nitrogens is 1. The Hall–Kier alpha value is -2.27. The molecule has 0 spiro atoms. The van der Waals surface area contributed by atoms with Gasteiger partial charge in [0.05, 0.1) is 12.8 Å². The van der Waals surface area contributed by atoms with Crippen molar-refractivity contribution in [3.8, 4) is 5.75 Å². The predicted molar refractivity (Wildman–Crippen MR) is 76.0 cm³/mol. The lowest BCUT2D eigenvalue weighted by atomic mass is 10.3. The number of methoxy groups -OCH3 is 1. The van der Waals surface area contributed by atoms with Crippen LogP contribution in [0.1, 0.15) is 5.56 Å². The monoisotopic (exact) mass is 292 g/mol. The van der Waals surface area contributed by atoms with Gasteiger partial charge in [0.25, 0.3) is 0 Å². The van der Waals surface area contributed by atoms with Gasteiger partial charge in [-0.05, 0) is 35.9 Å². The molecule has 0 atom stereocenters. The molecule has 1 aromatic carbocycles. The van der Waals surface area contributed by atoms with E-state index in [-0.39, 0.29) is 6.61 Å². The molecule has 20 heavy (non-hydrogen) atoms. The molecule has 1 N–H and O–H groups in total. The first-order valence-electron chi connectivity index (χ1n) is 5.85. The minimum absolute atomic E-state index is 0.164. The highest BCUT2D eigenvalue weighted by Crippen LogP contribution is 2.27. The van der Waals surface area contributed by atoms with Crippen molar-refractivity contribution in [3.05, 3.63) is 53.3 Å². The maximum Gasteiger partial charge on any atom is 0.412 e. The summed E-state index contributed by atoms with van der Waals surface area (Å²) in [6.07, 6.45) is 2.69. The van der Waals surface area contributed by atoms with Crippen LogP contribution in [0.3, 0.4) is 0 Å². The zero-order valence-corrected chi connectivity index (χ0v) is 11.6. The summed E-state index contributed by atoms with van der Waals surface area (Å²) in [6, 6.07) is 8.48. The molecule has 2 rings (SSSR count). The Labute approximate surface area is 121 Å². The standard InChI is InChI=1S/C14H13ClN2O3/c1-19-13-3-2-11(15)8-12(13)17-14(18)20-9-10-4-6-16-7-5-10/h2-8H,9H2,1H3,(H,17,18). The van der Waals surface area contributed by atoms with Crippen LogP contribution >= 0.6 is 11.6 Å². The Bertz CT molecular complexity index is 590. The molecular formula is C14H13ClN2O3. The third kappa shape index (κ3) is 3.86. The number of hydrogen-bond acceptors (Lipinski definition) is 4. The van der Waals surface area contributed by atoms with Crippen molar-refractivity contribution in [1.29, 1.82) is 0 Å². The molecule has 1 amide bonds. The molecule has 0 aliphatic carbocycles. The molecule has 5 nitrogen and oxygen atoms in total. The molecular weight excluding hydrogens is 280 g/mol. The number of carbonyl (C=O) groups excluding carboxylic acids is 1. The summed E-state index contributed by atoms with van der Waals surface area (Å²) in [5.41, 5.74) is 1.31. The van der Waals surface area contributed by atoms with Gasteiger partial charge in [0.1, 0.15) is 12.4 Å². The van der Waals surface area contributed by atoms with E-state index in [0.717, 1.165) is 5.56 Å². The largest absolute Gasteiger partial charge is 0.495 e. The average Bonchev–Trinajstić information content (AvgIpc) is 2.46. The highest BCUT2D eigenvalue weighted by atomic mass is 35.5. The molecule has 0 saturated heterocycles. The summed E-state index contributed by atoms with van der Waals surface area (Å²) in [5.74, 6) is 0.510. The van der Waals surface area contributed by atoms with E-state index in [1.54, 1.807) is 42.7 Å². The van der Waals surface area contributed by atoms with Crippen LogP contribution in [0.25, 0.3) is 0 Å². The Morgan fingerprint density at radius 3 is 2.75 bits per heavy atom. The molecule has 6 heteroatoms. The first kappa shape index (κ1) is 14.1. The molecule has 0 unspecified atom stereocenters. The second kappa shape index (κ2) is 6.77. The van der Waals surface area contributed by atoms with Gasteiger partial charge < -0.3 is 9.47 Å². The minimum atomic E-state index is -0.581. The van der Waals surface area contributed by atoms with Crippen LogP contribution in [0, 0.1) is 0 Å². The molecule has 0 saturated carbocycles. The van der Waals surface area contributed by atoms with Gasteiger partial charge in [-0.2, -0.15) is 0 Å². The average molecular weight is 293 g/mol. The third-order valence-electron chi connectivity index (χ3n) is 2.52. The summed E-state index contributed by atoms with van der Waals surface area (Å²) in [5, 5.41) is 3.08. The van der Waals surface area contributed by atoms with E-state index < -0.39 is 6.09 Å². The van der Waals surface area contributed by atoms with Crippen LogP contribution < -0.4 is 10.1 Å². The van der Waals surface area contributed by atoms with Crippen LogP contribution in [0.2, 0.25) is 5.02 Å². The molecule has 104 valence electrons. The third-order valence-corrected chi connectivity index (χ3v) is 2.75. The van der Waals surface area contributed by atoms with Crippen LogP contribution in [0.15, 0.2) is 42.7 Å². The number of halogens is 1. The molecule has 0 bridgehead atoms. The van der Waals surface area contributed by atoms with Gasteiger partial charge in [0.2, 0.25) is 0 Å². The first-order valence-corrected chi connectivity index (χ1v) is 6.23. The van der Waals surface area contributed by atoms with E-state index in [2.05, 4.69) is 10.3 Å². The summed E-state index contributed by atoms with van der Waals surface area (Å²) in [7, 11) is 1.51. The number of hydrogen-bond donors (Lipinski definition) is 1. The zero-order valence-electron chi connectivity index (χ0n) is 10.8. The second-order valence-corrected chi connectivity index (χ2v) is 4.34. The summed E-state index contributed by atoms with van der Waals surface area (Å²) in [6.45, 7) is 0.164. The summed E-state index contributed by atoms with van der Waals surface area (Å²) >= 11 is 5.88. The second-order valence-electron chi connectivity index (χ2n) is 3.90. The molecule has 0 aliphatic heterocycles. The lowest BCUT2D eigenvalue weighted by Gasteiger charge is -2.11. The number of rotatable bonds is 4. The molecule has 1 heterocycles. The summed E-state index contributed by atoms with van der Waals surface area (Å²) in [4.78, 5) is 15.6. The van der Waals surface area contributed by atoms with E-state index in [1.165, 1.54) is 7.11 Å². The highest BCUT2D eigenvalue weighted by Gasteiger charge is 2.09. The van der Waals surface area contributed by atoms with Crippen LogP contribution in [0.4, 0.5) is 10.5 Å². The molecule has 2 aromatic rings. The number of pyridine rings is 1. The van der Waals surface area contributed by atoms with Gasteiger partial charge in [-0.25, -0.2) is 4.79 Å². The Morgan fingerprint density at radius 2 is 2.05 bits per heavy atom. The highest BCUT2D eigenvalue weighted by molar-refractivity contribution is 6.31. The van der Waals surface area contributed by atoms with Gasteiger partial charge in [-0.3, -0.25) is 10.3 Å². The van der Waals surface area contributed by atoms with Crippen molar-refractivity contribution >= 4 is 23.4 Å². The van der Waals surface area contributed by atoms with E-state index in [1.807, 2.05) is 0 Å². The first-order chi connectivity index (χ1) is 9.69. The lowest BCUT2D eigenvalue weighted by molar-refractivity contribution is 0.155. The van der Waals surface area contributed by atoms with Crippen LogP contribution in [-0.2, 0) is 11.3 Å². The van der Waals surface area contributed by atoms with E-state index in [0.29, 0.717) is 16.5 Å². The molecule has 0 aliphatic rings. The molecule has 1 aromatic heterocycles. The van der Waals surface area contributed by atoms with E-state index >= 15 is 0 Å². The van der Waals surface area contributed by atoms with E-state index in [9.17, 15) is 4.79 Å². The number of benzene rings is 1. The number of anilines is 1. The van der Waals surface area contributed by atoms with Crippen molar-refractivity contribution in [3.63, 3.8) is 0 Å². The van der Waals surface area contributed by atoms with Gasteiger partial charge in [0.15, 0.2) is 0 Å². The van der Waals surface area contributed by atoms with Crippen LogP contribution in [0.5, 0.6) is 5.75 Å². The number of amides is 1. The Kier molecular flexibility index (Phi) is 4.79. The number of nitrogens with zero attached hydrogens (tertiary/aromatic N) is 1. The predicted octanol–water partition coefficient (Wildman–Crippen LogP) is 3.49. The summed E-state index contributed by atoms with van der Waals surface area (Å²) < 4.78 is 10.2. The molecule has 0 fully saturated rings. The lowest BCUT2D eigenvalue weighted by Crippen LogP contribution is -2.14. The number of carbonyl (C=O) groups is 1. The van der Waals surface area contributed by atoms with Gasteiger partial charge in [-0.15, -0.1) is 0 Å². The van der Waals surface area contributed by atoms with Crippen molar-refractivity contribution in [2.45, 2.75) is 6.61 Å². The van der Waals surface area contributed by atoms with Crippen LogP contribution in [-0.4, -0.2) is 18.2 Å². The fourth-order valence-corrected chi connectivity index (χ4v) is 1.72. The number of nitrogens with one attached hydrogen (secondary N) is 1. The normalized spacial score (nSPS) is 9.90.